The van der Waals surface area contributed by atoms with Crippen molar-refractivity contribution in [1.29, 1.82) is 0 Å². The molecule has 0 radical (unpaired) electrons. The van der Waals surface area contributed by atoms with Crippen LogP contribution in [-0.4, -0.2) is 53.0 Å². The minimum atomic E-state index is -1.50. The lowest BCUT2D eigenvalue weighted by molar-refractivity contribution is 0.0694. The van der Waals surface area contributed by atoms with Crippen molar-refractivity contribution in [1.82, 2.24) is 9.88 Å². The average molecular weight is 367 g/mol. The Morgan fingerprint density at radius 1 is 1.42 bits per heavy atom. The molecule has 1 aromatic carbocycles. The molecule has 2 aromatic rings. The molecule has 1 fully saturated rings. The summed E-state index contributed by atoms with van der Waals surface area (Å²) in [6, 6.07) is 0.913. The molecular formula is C17H19F2N3O4. The van der Waals surface area contributed by atoms with Crippen LogP contribution in [0.25, 0.3) is 10.9 Å². The van der Waals surface area contributed by atoms with Crippen LogP contribution in [0.4, 0.5) is 14.5 Å². The molecule has 9 heteroatoms. The highest BCUT2D eigenvalue weighted by molar-refractivity contribution is 5.93. The van der Waals surface area contributed by atoms with E-state index in [1.807, 2.05) is 6.92 Å². The number of carbonyl (C=O) groups is 1. The molecule has 0 bridgehead atoms. The monoisotopic (exact) mass is 367 g/mol. The van der Waals surface area contributed by atoms with Gasteiger partial charge < -0.3 is 25.0 Å². The molecule has 1 atom stereocenters. The Bertz CT molecular complexity index is 929. The molecule has 1 aliphatic heterocycles. The lowest BCUT2D eigenvalue weighted by Crippen LogP contribution is -2.49. The van der Waals surface area contributed by atoms with Crippen molar-refractivity contribution >= 4 is 22.6 Å². The molecular weight excluding hydrogens is 348 g/mol. The number of carboxylic acid groups (broad SMARTS) is 1. The predicted octanol–water partition coefficient (Wildman–Crippen LogP) is 0.768. The first-order valence-corrected chi connectivity index (χ1v) is 8.22. The van der Waals surface area contributed by atoms with E-state index in [9.17, 15) is 19.1 Å². The Morgan fingerprint density at radius 2 is 2.15 bits per heavy atom. The van der Waals surface area contributed by atoms with E-state index in [1.54, 1.807) is 4.90 Å². The zero-order valence-corrected chi connectivity index (χ0v) is 14.1. The van der Waals surface area contributed by atoms with Crippen LogP contribution in [0, 0.1) is 11.6 Å². The average Bonchev–Trinajstić information content (AvgIpc) is 2.57. The van der Waals surface area contributed by atoms with Crippen LogP contribution < -0.4 is 15.6 Å². The smallest absolute Gasteiger partial charge is 0.341 e. The molecule has 26 heavy (non-hydrogen) atoms. The zero-order valence-electron chi connectivity index (χ0n) is 14.1. The van der Waals surface area contributed by atoms with Gasteiger partial charge in [-0.15, -0.1) is 0 Å². The first-order chi connectivity index (χ1) is 12.3. The second-order valence-electron chi connectivity index (χ2n) is 6.31. The summed E-state index contributed by atoms with van der Waals surface area (Å²) in [4.78, 5) is 25.2. The highest BCUT2D eigenvalue weighted by Gasteiger charge is 2.27. The Balaban J connectivity index is 2.31. The van der Waals surface area contributed by atoms with Gasteiger partial charge >= 0.3 is 5.97 Å². The summed E-state index contributed by atoms with van der Waals surface area (Å²) in [5, 5.41) is 21.2. The molecule has 7 nitrogen and oxygen atoms in total. The van der Waals surface area contributed by atoms with Gasteiger partial charge in [-0.25, -0.2) is 13.6 Å². The van der Waals surface area contributed by atoms with Crippen LogP contribution in [0.3, 0.4) is 0 Å². The van der Waals surface area contributed by atoms with Crippen LogP contribution in [0.1, 0.15) is 17.3 Å². The number of rotatable bonds is 4. The molecule has 2 heterocycles. The summed E-state index contributed by atoms with van der Waals surface area (Å²) in [6.45, 7) is 2.70. The van der Waals surface area contributed by atoms with E-state index >= 15 is 4.39 Å². The molecule has 1 aliphatic rings. The molecule has 0 amide bonds. The number of carboxylic acids is 1. The van der Waals surface area contributed by atoms with Crippen molar-refractivity contribution in [2.75, 3.05) is 31.1 Å². The lowest BCUT2D eigenvalue weighted by atomic mass is 10.1. The van der Waals surface area contributed by atoms with Crippen molar-refractivity contribution < 1.29 is 23.8 Å². The fourth-order valence-corrected chi connectivity index (χ4v) is 3.34. The maximum atomic E-state index is 15.2. The van der Waals surface area contributed by atoms with Crippen molar-refractivity contribution in [2.24, 2.45) is 0 Å². The number of nitrogens with one attached hydrogen (secondary N) is 1. The van der Waals surface area contributed by atoms with Crippen LogP contribution in [0.15, 0.2) is 17.1 Å². The van der Waals surface area contributed by atoms with Gasteiger partial charge in [-0.3, -0.25) is 4.79 Å². The fraction of sp³-hybridized carbons (Fsp3) is 0.412. The van der Waals surface area contributed by atoms with Crippen LogP contribution in [0.5, 0.6) is 0 Å². The van der Waals surface area contributed by atoms with Crippen LogP contribution in [-0.2, 0) is 6.54 Å². The molecule has 0 saturated carbocycles. The van der Waals surface area contributed by atoms with Gasteiger partial charge in [0.05, 0.1) is 17.5 Å². The molecule has 1 unspecified atom stereocenters. The number of halogens is 2. The molecule has 1 aromatic heterocycles. The Hall–Kier alpha value is -2.52. The number of hydrogen-bond donors (Lipinski definition) is 3. The van der Waals surface area contributed by atoms with Gasteiger partial charge in [0, 0.05) is 38.4 Å². The molecule has 0 aliphatic carbocycles. The van der Waals surface area contributed by atoms with Crippen LogP contribution >= 0.6 is 0 Å². The first-order valence-electron chi connectivity index (χ1n) is 8.22. The summed E-state index contributed by atoms with van der Waals surface area (Å²) in [6.07, 6.45) is 0.981. The number of fused-ring (bicyclic) bond motifs is 1. The lowest BCUT2D eigenvalue weighted by Gasteiger charge is -2.34. The number of anilines is 1. The molecule has 140 valence electrons. The van der Waals surface area contributed by atoms with E-state index < -0.39 is 35.2 Å². The van der Waals surface area contributed by atoms with E-state index in [0.717, 1.165) is 16.8 Å². The van der Waals surface area contributed by atoms with E-state index in [1.165, 1.54) is 0 Å². The van der Waals surface area contributed by atoms with Gasteiger partial charge in [0.25, 0.3) is 0 Å². The van der Waals surface area contributed by atoms with E-state index in [-0.39, 0.29) is 29.2 Å². The standard InChI is InChI=1S/C17H19F2N3O4/c1-9-7-21(3-2-20-9)15-12(18)6-10-14(13(15)19)22(4-5-23)8-11(16(10)24)17(25)26/h6,8-9,20,23H,2-5,7H2,1H3,(H,25,26). The van der Waals surface area contributed by atoms with E-state index in [4.69, 9.17) is 5.11 Å². The largest absolute Gasteiger partial charge is 0.477 e. The summed E-state index contributed by atoms with van der Waals surface area (Å²) in [7, 11) is 0. The van der Waals surface area contributed by atoms with Gasteiger partial charge in [0.15, 0.2) is 5.82 Å². The number of pyridine rings is 1. The minimum Gasteiger partial charge on any atom is -0.477 e. The topological polar surface area (TPSA) is 94.8 Å². The number of benzene rings is 1. The Labute approximate surface area is 147 Å². The molecule has 1 saturated heterocycles. The number of hydrogen-bond acceptors (Lipinski definition) is 5. The van der Waals surface area contributed by atoms with E-state index in [0.29, 0.717) is 19.6 Å². The second-order valence-corrected chi connectivity index (χ2v) is 6.31. The normalized spacial score (nSPS) is 17.7. The van der Waals surface area contributed by atoms with Crippen molar-refractivity contribution in [2.45, 2.75) is 19.5 Å². The summed E-state index contributed by atoms with van der Waals surface area (Å²) < 4.78 is 31.1. The Kier molecular flexibility index (Phi) is 4.92. The number of piperazine rings is 1. The van der Waals surface area contributed by atoms with Gasteiger partial charge in [-0.05, 0) is 13.0 Å². The maximum absolute atomic E-state index is 15.2. The Morgan fingerprint density at radius 3 is 2.77 bits per heavy atom. The van der Waals surface area contributed by atoms with Crippen LogP contribution in [0.2, 0.25) is 0 Å². The zero-order chi connectivity index (χ0) is 19.0. The number of aliphatic hydroxyl groups is 1. The molecule has 3 rings (SSSR count). The second kappa shape index (κ2) is 7.00. The number of aromatic carboxylic acids is 1. The first kappa shape index (κ1) is 18.3. The number of nitrogens with zero attached hydrogens (tertiary/aromatic N) is 2. The maximum Gasteiger partial charge on any atom is 0.341 e. The van der Waals surface area contributed by atoms with Gasteiger partial charge in [-0.2, -0.15) is 0 Å². The predicted molar refractivity (Wildman–Crippen MR) is 91.8 cm³/mol. The van der Waals surface area contributed by atoms with Gasteiger partial charge in [0.1, 0.15) is 17.1 Å². The van der Waals surface area contributed by atoms with Crippen molar-refractivity contribution in [3.05, 3.63) is 39.7 Å². The third-order valence-electron chi connectivity index (χ3n) is 4.49. The summed E-state index contributed by atoms with van der Waals surface area (Å²) in [5.74, 6) is -3.35. The third kappa shape index (κ3) is 3.04. The van der Waals surface area contributed by atoms with E-state index in [2.05, 4.69) is 5.32 Å². The minimum absolute atomic E-state index is 0.0345. The van der Waals surface area contributed by atoms with Gasteiger partial charge in [0.2, 0.25) is 5.43 Å². The van der Waals surface area contributed by atoms with Crippen molar-refractivity contribution in [3.63, 3.8) is 0 Å². The fourth-order valence-electron chi connectivity index (χ4n) is 3.34. The quantitative estimate of drug-likeness (QED) is 0.739. The summed E-state index contributed by atoms with van der Waals surface area (Å²) in [5.41, 5.74) is -2.02. The van der Waals surface area contributed by atoms with Gasteiger partial charge in [-0.1, -0.05) is 0 Å². The molecule has 3 N–H and O–H groups in total. The SMILES string of the molecule is CC1CN(c2c(F)cc3c(=O)c(C(=O)O)cn(CCO)c3c2F)CCN1. The van der Waals surface area contributed by atoms with Crippen molar-refractivity contribution in [3.8, 4) is 0 Å². The molecule has 0 spiro atoms. The highest BCUT2D eigenvalue weighted by Crippen LogP contribution is 2.30. The highest BCUT2D eigenvalue weighted by atomic mass is 19.1. The third-order valence-corrected chi connectivity index (χ3v) is 4.49. The summed E-state index contributed by atoms with van der Waals surface area (Å²) >= 11 is 0. The number of aliphatic hydroxyl groups excluding tert-OH is 1. The number of aromatic nitrogens is 1.